The van der Waals surface area contributed by atoms with Crippen LogP contribution in [-0.2, 0) is 0 Å². The summed E-state index contributed by atoms with van der Waals surface area (Å²) in [5.74, 6) is 0.598. The minimum absolute atomic E-state index is 0.125. The van der Waals surface area contributed by atoms with Gasteiger partial charge in [-0.3, -0.25) is 4.79 Å². The topological polar surface area (TPSA) is 46.5 Å². The van der Waals surface area contributed by atoms with Gasteiger partial charge in [-0.2, -0.15) is 0 Å². The fourth-order valence-electron chi connectivity index (χ4n) is 1.90. The Morgan fingerprint density at radius 2 is 2.00 bits per heavy atom. The molecule has 0 radical (unpaired) electrons. The number of allylic oxidation sites excluding steroid dienone is 1. The average molecular weight is 347 g/mol. The summed E-state index contributed by atoms with van der Waals surface area (Å²) in [6.45, 7) is 1.93. The van der Waals surface area contributed by atoms with Crippen molar-refractivity contribution < 1.29 is 14.6 Å². The molecule has 21 heavy (non-hydrogen) atoms. The van der Waals surface area contributed by atoms with Gasteiger partial charge in [0.2, 0.25) is 0 Å². The second-order valence-electron chi connectivity index (χ2n) is 4.61. The van der Waals surface area contributed by atoms with Crippen molar-refractivity contribution in [1.29, 1.82) is 0 Å². The van der Waals surface area contributed by atoms with E-state index in [1.54, 1.807) is 43.5 Å². The lowest BCUT2D eigenvalue weighted by Crippen LogP contribution is -1.99. The van der Waals surface area contributed by atoms with E-state index in [2.05, 4.69) is 15.9 Å². The number of phenolic OH excluding ortho intramolecular Hbond substituents is 1. The van der Waals surface area contributed by atoms with E-state index in [1.807, 2.05) is 13.0 Å². The third kappa shape index (κ3) is 3.73. The van der Waals surface area contributed by atoms with Gasteiger partial charge in [0, 0.05) is 0 Å². The number of halogens is 1. The molecule has 0 saturated carbocycles. The van der Waals surface area contributed by atoms with Gasteiger partial charge in [-0.1, -0.05) is 23.8 Å². The first kappa shape index (κ1) is 15.3. The molecule has 0 aliphatic rings. The molecule has 2 rings (SSSR count). The highest BCUT2D eigenvalue weighted by molar-refractivity contribution is 9.10. The average Bonchev–Trinajstić information content (AvgIpc) is 2.48. The van der Waals surface area contributed by atoms with E-state index < -0.39 is 0 Å². The molecule has 2 aromatic rings. The normalized spacial score (nSPS) is 10.8. The van der Waals surface area contributed by atoms with Crippen molar-refractivity contribution in [3.63, 3.8) is 0 Å². The first-order valence-corrected chi connectivity index (χ1v) is 7.16. The van der Waals surface area contributed by atoms with Crippen molar-refractivity contribution in [2.24, 2.45) is 0 Å². The molecular formula is C17H15BrO3. The van der Waals surface area contributed by atoms with Crippen molar-refractivity contribution in [1.82, 2.24) is 0 Å². The van der Waals surface area contributed by atoms with Crippen molar-refractivity contribution in [2.45, 2.75) is 6.92 Å². The third-order valence-electron chi connectivity index (χ3n) is 3.02. The van der Waals surface area contributed by atoms with Crippen molar-refractivity contribution >= 4 is 27.8 Å². The maximum Gasteiger partial charge on any atom is 0.189 e. The van der Waals surface area contributed by atoms with Crippen LogP contribution in [0.3, 0.4) is 0 Å². The van der Waals surface area contributed by atoms with Gasteiger partial charge in [-0.25, -0.2) is 0 Å². The smallest absolute Gasteiger partial charge is 0.189 e. The van der Waals surface area contributed by atoms with Crippen LogP contribution >= 0.6 is 15.9 Å². The molecule has 3 nitrogen and oxygen atoms in total. The molecule has 0 unspecified atom stereocenters. The van der Waals surface area contributed by atoms with Gasteiger partial charge in [0.1, 0.15) is 11.5 Å². The number of aromatic hydroxyl groups is 1. The Labute approximate surface area is 132 Å². The van der Waals surface area contributed by atoms with Crippen LogP contribution in [0.5, 0.6) is 11.5 Å². The summed E-state index contributed by atoms with van der Waals surface area (Å²) in [5, 5.41) is 9.44. The number of carbonyl (C=O) groups is 1. The highest BCUT2D eigenvalue weighted by Gasteiger charge is 2.09. The van der Waals surface area contributed by atoms with Crippen LogP contribution in [0, 0.1) is 6.92 Å². The maximum absolute atomic E-state index is 12.3. The highest BCUT2D eigenvalue weighted by Crippen LogP contribution is 2.25. The van der Waals surface area contributed by atoms with Gasteiger partial charge < -0.3 is 9.84 Å². The number of rotatable bonds is 4. The Balaban J connectivity index is 2.26. The molecule has 0 atom stereocenters. The van der Waals surface area contributed by atoms with Crippen LogP contribution < -0.4 is 4.74 Å². The largest absolute Gasteiger partial charge is 0.507 e. The monoisotopic (exact) mass is 346 g/mol. The second kappa shape index (κ2) is 6.59. The maximum atomic E-state index is 12.3. The molecule has 0 aromatic heterocycles. The third-order valence-corrected chi connectivity index (χ3v) is 3.65. The van der Waals surface area contributed by atoms with E-state index in [-0.39, 0.29) is 11.5 Å². The van der Waals surface area contributed by atoms with Crippen molar-refractivity contribution in [3.8, 4) is 11.5 Å². The Kier molecular flexibility index (Phi) is 4.81. The van der Waals surface area contributed by atoms with Gasteiger partial charge in [0.15, 0.2) is 5.78 Å². The Morgan fingerprint density at radius 3 is 2.67 bits per heavy atom. The lowest BCUT2D eigenvalue weighted by Gasteiger charge is -2.06. The molecule has 1 N–H and O–H groups in total. The van der Waals surface area contributed by atoms with Crippen molar-refractivity contribution in [2.75, 3.05) is 7.11 Å². The quantitative estimate of drug-likeness (QED) is 0.660. The van der Waals surface area contributed by atoms with E-state index in [1.165, 1.54) is 6.08 Å². The number of benzene rings is 2. The SMILES string of the molecule is COc1ccc(C)cc1C(=O)/C=C/c1ccc(O)c(Br)c1. The number of aryl methyl sites for hydroxylation is 1. The van der Waals surface area contributed by atoms with Crippen molar-refractivity contribution in [3.05, 3.63) is 63.6 Å². The molecular weight excluding hydrogens is 332 g/mol. The molecule has 0 bridgehead atoms. The van der Waals surface area contributed by atoms with Gasteiger partial charge in [0.25, 0.3) is 0 Å². The minimum atomic E-state index is -0.125. The number of hydrogen-bond acceptors (Lipinski definition) is 3. The standard InChI is InChI=1S/C17H15BrO3/c1-11-3-8-17(21-2)13(9-11)15(19)6-4-12-5-7-16(20)14(18)10-12/h3-10,20H,1-2H3/b6-4+. The fourth-order valence-corrected chi connectivity index (χ4v) is 2.30. The zero-order chi connectivity index (χ0) is 15.4. The zero-order valence-electron chi connectivity index (χ0n) is 11.8. The molecule has 0 heterocycles. The van der Waals surface area contributed by atoms with E-state index >= 15 is 0 Å². The number of ketones is 1. The van der Waals surface area contributed by atoms with E-state index in [9.17, 15) is 9.90 Å². The molecule has 0 fully saturated rings. The second-order valence-corrected chi connectivity index (χ2v) is 5.47. The van der Waals surface area contributed by atoms with Crippen LogP contribution in [0.2, 0.25) is 0 Å². The summed E-state index contributed by atoms with van der Waals surface area (Å²) in [6.07, 6.45) is 3.20. The van der Waals surface area contributed by atoms with E-state index in [0.29, 0.717) is 15.8 Å². The summed E-state index contributed by atoms with van der Waals surface area (Å²) >= 11 is 3.24. The first-order valence-electron chi connectivity index (χ1n) is 6.37. The number of ether oxygens (including phenoxy) is 1. The summed E-state index contributed by atoms with van der Waals surface area (Å²) < 4.78 is 5.80. The Hall–Kier alpha value is -2.07. The molecule has 0 aliphatic carbocycles. The number of hydrogen-bond donors (Lipinski definition) is 1. The first-order chi connectivity index (χ1) is 10.0. The number of phenols is 1. The van der Waals surface area contributed by atoms with Gasteiger partial charge in [-0.15, -0.1) is 0 Å². The summed E-state index contributed by atoms with van der Waals surface area (Å²) in [6, 6.07) is 10.5. The molecule has 108 valence electrons. The zero-order valence-corrected chi connectivity index (χ0v) is 13.3. The summed E-state index contributed by atoms with van der Waals surface area (Å²) in [7, 11) is 1.54. The minimum Gasteiger partial charge on any atom is -0.507 e. The van der Waals surface area contributed by atoms with E-state index in [4.69, 9.17) is 4.74 Å². The number of methoxy groups -OCH3 is 1. The fraction of sp³-hybridized carbons (Fsp3) is 0.118. The van der Waals surface area contributed by atoms with Crippen LogP contribution in [0.15, 0.2) is 46.9 Å². The highest BCUT2D eigenvalue weighted by atomic mass is 79.9. The Bertz CT molecular complexity index is 705. The predicted octanol–water partition coefficient (Wildman–Crippen LogP) is 4.37. The summed E-state index contributed by atoms with van der Waals surface area (Å²) in [5.41, 5.74) is 2.35. The van der Waals surface area contributed by atoms with E-state index in [0.717, 1.165) is 11.1 Å². The lowest BCUT2D eigenvalue weighted by atomic mass is 10.1. The Morgan fingerprint density at radius 1 is 1.24 bits per heavy atom. The van der Waals surface area contributed by atoms with Crippen LogP contribution in [-0.4, -0.2) is 18.0 Å². The van der Waals surface area contributed by atoms with Gasteiger partial charge >= 0.3 is 0 Å². The summed E-state index contributed by atoms with van der Waals surface area (Å²) in [4.78, 5) is 12.3. The molecule has 2 aromatic carbocycles. The molecule has 0 amide bonds. The van der Waals surface area contributed by atoms with Crippen LogP contribution in [0.25, 0.3) is 6.08 Å². The number of carbonyl (C=O) groups excluding carboxylic acids is 1. The van der Waals surface area contributed by atoms with Gasteiger partial charge in [-0.05, 0) is 58.8 Å². The molecule has 0 spiro atoms. The van der Waals surface area contributed by atoms with Crippen LogP contribution in [0.1, 0.15) is 21.5 Å². The lowest BCUT2D eigenvalue weighted by molar-refractivity contribution is 0.104. The van der Waals surface area contributed by atoms with Crippen LogP contribution in [0.4, 0.5) is 0 Å². The van der Waals surface area contributed by atoms with Gasteiger partial charge in [0.05, 0.1) is 17.1 Å². The molecule has 0 saturated heterocycles. The predicted molar refractivity (Wildman–Crippen MR) is 86.9 cm³/mol. The molecule has 0 aliphatic heterocycles. The molecule has 4 heteroatoms.